The van der Waals surface area contributed by atoms with Crippen molar-refractivity contribution in [3.63, 3.8) is 0 Å². The minimum Gasteiger partial charge on any atom is -0.486 e. The standard InChI is InChI=1S/C9H7NO3.ClH/c11-9(12)6-1-2-8-7(5-6)10-3-4-13-8;/h1-3,5H,4H2,(H,11,12);1H. The number of aliphatic imine (C=N–C) groups is 1. The summed E-state index contributed by atoms with van der Waals surface area (Å²) in [6.45, 7) is 0.444. The molecule has 1 heterocycles. The molecule has 4 nitrogen and oxygen atoms in total. The van der Waals surface area contributed by atoms with Gasteiger partial charge in [-0.05, 0) is 18.2 Å². The minimum atomic E-state index is -0.955. The number of aromatic carboxylic acids is 1. The maximum Gasteiger partial charge on any atom is 0.335 e. The van der Waals surface area contributed by atoms with Crippen molar-refractivity contribution in [2.45, 2.75) is 0 Å². The van der Waals surface area contributed by atoms with Crippen LogP contribution >= 0.6 is 12.4 Å². The molecule has 1 aliphatic rings. The maximum absolute atomic E-state index is 10.6. The van der Waals surface area contributed by atoms with Gasteiger partial charge < -0.3 is 9.84 Å². The molecule has 5 heteroatoms. The lowest BCUT2D eigenvalue weighted by atomic mass is 10.2. The van der Waals surface area contributed by atoms with Crippen molar-refractivity contribution in [1.82, 2.24) is 0 Å². The molecule has 1 N–H and O–H groups in total. The van der Waals surface area contributed by atoms with Gasteiger partial charge >= 0.3 is 5.97 Å². The largest absolute Gasteiger partial charge is 0.486 e. The van der Waals surface area contributed by atoms with Gasteiger partial charge in [0, 0.05) is 6.21 Å². The average Bonchev–Trinajstić information content (AvgIpc) is 2.17. The van der Waals surface area contributed by atoms with E-state index in [1.807, 2.05) is 0 Å². The van der Waals surface area contributed by atoms with Gasteiger partial charge in [-0.15, -0.1) is 12.4 Å². The summed E-state index contributed by atoms with van der Waals surface area (Å²) in [6.07, 6.45) is 1.61. The summed E-state index contributed by atoms with van der Waals surface area (Å²) in [4.78, 5) is 14.6. The highest BCUT2D eigenvalue weighted by Crippen LogP contribution is 2.30. The van der Waals surface area contributed by atoms with E-state index in [-0.39, 0.29) is 18.0 Å². The predicted octanol–water partition coefficient (Wildman–Crippen LogP) is 1.90. The van der Waals surface area contributed by atoms with Crippen molar-refractivity contribution in [3.8, 4) is 5.75 Å². The second-order valence-electron chi connectivity index (χ2n) is 2.61. The summed E-state index contributed by atoms with van der Waals surface area (Å²) in [5.74, 6) is -0.323. The molecular formula is C9H8ClNO3. The Bertz CT molecular complexity index is 390. The van der Waals surface area contributed by atoms with Gasteiger partial charge in [-0.25, -0.2) is 4.79 Å². The zero-order valence-corrected chi connectivity index (χ0v) is 7.95. The molecule has 0 bridgehead atoms. The van der Waals surface area contributed by atoms with Crippen LogP contribution < -0.4 is 4.74 Å². The van der Waals surface area contributed by atoms with Crippen LogP contribution in [0, 0.1) is 0 Å². The number of rotatable bonds is 1. The third-order valence-corrected chi connectivity index (χ3v) is 1.75. The number of hydrogen-bond donors (Lipinski definition) is 1. The fourth-order valence-electron chi connectivity index (χ4n) is 1.14. The van der Waals surface area contributed by atoms with Crippen LogP contribution in [-0.2, 0) is 0 Å². The van der Waals surface area contributed by atoms with Crippen LogP contribution in [0.1, 0.15) is 10.4 Å². The average molecular weight is 214 g/mol. The summed E-state index contributed by atoms with van der Waals surface area (Å²) in [7, 11) is 0. The number of carbonyl (C=O) groups is 1. The smallest absolute Gasteiger partial charge is 0.335 e. The van der Waals surface area contributed by atoms with Crippen LogP contribution in [-0.4, -0.2) is 23.9 Å². The van der Waals surface area contributed by atoms with Crippen LogP contribution in [0.25, 0.3) is 0 Å². The summed E-state index contributed by atoms with van der Waals surface area (Å²) < 4.78 is 5.22. The van der Waals surface area contributed by atoms with Crippen molar-refractivity contribution < 1.29 is 14.6 Å². The molecule has 0 aromatic heterocycles. The normalized spacial score (nSPS) is 12.3. The first-order valence-corrected chi connectivity index (χ1v) is 3.80. The van der Waals surface area contributed by atoms with Gasteiger partial charge in [0.2, 0.25) is 0 Å². The lowest BCUT2D eigenvalue weighted by molar-refractivity contribution is 0.0697. The molecule has 0 atom stereocenters. The SMILES string of the molecule is Cl.O=C(O)c1ccc2c(c1)N=CCO2. The zero-order valence-electron chi connectivity index (χ0n) is 7.14. The second-order valence-corrected chi connectivity index (χ2v) is 2.61. The van der Waals surface area contributed by atoms with Crippen molar-refractivity contribution in [3.05, 3.63) is 23.8 Å². The van der Waals surface area contributed by atoms with Gasteiger partial charge in [0.25, 0.3) is 0 Å². The fourth-order valence-corrected chi connectivity index (χ4v) is 1.14. The van der Waals surface area contributed by atoms with Crippen molar-refractivity contribution in [2.24, 2.45) is 4.99 Å². The van der Waals surface area contributed by atoms with E-state index >= 15 is 0 Å². The van der Waals surface area contributed by atoms with E-state index in [1.54, 1.807) is 12.3 Å². The number of fused-ring (bicyclic) bond motifs is 1. The Kier molecular flexibility index (Phi) is 3.09. The number of halogens is 1. The molecule has 0 unspecified atom stereocenters. The highest BCUT2D eigenvalue weighted by molar-refractivity contribution is 5.89. The molecule has 0 spiro atoms. The fraction of sp³-hybridized carbons (Fsp3) is 0.111. The molecule has 2 rings (SSSR count). The molecule has 74 valence electrons. The topological polar surface area (TPSA) is 58.9 Å². The van der Waals surface area contributed by atoms with Crippen molar-refractivity contribution >= 4 is 30.3 Å². The minimum absolute atomic E-state index is 0. The Morgan fingerprint density at radius 2 is 2.29 bits per heavy atom. The van der Waals surface area contributed by atoms with Crippen LogP contribution in [0.4, 0.5) is 5.69 Å². The van der Waals surface area contributed by atoms with Crippen LogP contribution in [0.15, 0.2) is 23.2 Å². The first-order chi connectivity index (χ1) is 6.27. The molecule has 0 saturated carbocycles. The molecule has 1 aliphatic heterocycles. The monoisotopic (exact) mass is 213 g/mol. The number of hydrogen-bond acceptors (Lipinski definition) is 3. The van der Waals surface area contributed by atoms with Crippen LogP contribution in [0.5, 0.6) is 5.75 Å². The van der Waals surface area contributed by atoms with Crippen LogP contribution in [0.3, 0.4) is 0 Å². The summed E-state index contributed by atoms with van der Waals surface area (Å²) >= 11 is 0. The van der Waals surface area contributed by atoms with Gasteiger partial charge in [0.05, 0.1) is 5.56 Å². The van der Waals surface area contributed by atoms with Crippen molar-refractivity contribution in [2.75, 3.05) is 6.61 Å². The first-order valence-electron chi connectivity index (χ1n) is 3.80. The number of benzene rings is 1. The summed E-state index contributed by atoms with van der Waals surface area (Å²) in [5, 5.41) is 8.69. The van der Waals surface area contributed by atoms with Gasteiger partial charge in [0.1, 0.15) is 18.0 Å². The molecule has 0 fully saturated rings. The maximum atomic E-state index is 10.6. The molecule has 0 amide bonds. The van der Waals surface area contributed by atoms with E-state index in [4.69, 9.17) is 9.84 Å². The quantitative estimate of drug-likeness (QED) is 0.775. The van der Waals surface area contributed by atoms with Gasteiger partial charge in [0.15, 0.2) is 0 Å². The van der Waals surface area contributed by atoms with Gasteiger partial charge in [-0.1, -0.05) is 0 Å². The van der Waals surface area contributed by atoms with E-state index < -0.39 is 5.97 Å². The Balaban J connectivity index is 0.000000980. The number of ether oxygens (including phenoxy) is 1. The molecule has 0 saturated heterocycles. The second kappa shape index (κ2) is 4.11. The summed E-state index contributed by atoms with van der Waals surface area (Å²) in [5.41, 5.74) is 0.799. The molecule has 0 aliphatic carbocycles. The van der Waals surface area contributed by atoms with Crippen LogP contribution in [0.2, 0.25) is 0 Å². The van der Waals surface area contributed by atoms with E-state index in [0.717, 1.165) is 0 Å². The Morgan fingerprint density at radius 3 is 3.00 bits per heavy atom. The molecule has 1 aromatic carbocycles. The first kappa shape index (κ1) is 10.5. The van der Waals surface area contributed by atoms with E-state index in [2.05, 4.69) is 4.99 Å². The molecule has 1 aromatic rings. The van der Waals surface area contributed by atoms with Crippen molar-refractivity contribution in [1.29, 1.82) is 0 Å². The third-order valence-electron chi connectivity index (χ3n) is 1.75. The third kappa shape index (κ3) is 1.85. The Labute approximate surface area is 86.6 Å². The molecule has 0 radical (unpaired) electrons. The highest BCUT2D eigenvalue weighted by Gasteiger charge is 2.10. The van der Waals surface area contributed by atoms with Gasteiger partial charge in [-0.3, -0.25) is 4.99 Å². The van der Waals surface area contributed by atoms with Gasteiger partial charge in [-0.2, -0.15) is 0 Å². The number of carboxylic acids is 1. The summed E-state index contributed by atoms with van der Waals surface area (Å²) in [6, 6.07) is 4.62. The van der Waals surface area contributed by atoms with E-state index in [9.17, 15) is 4.79 Å². The molecular weight excluding hydrogens is 206 g/mol. The Morgan fingerprint density at radius 1 is 1.50 bits per heavy atom. The van der Waals surface area contributed by atoms with E-state index in [0.29, 0.717) is 18.0 Å². The van der Waals surface area contributed by atoms with E-state index in [1.165, 1.54) is 12.1 Å². The lowest BCUT2D eigenvalue weighted by Gasteiger charge is -2.11. The predicted molar refractivity (Wildman–Crippen MR) is 54.3 cm³/mol. The zero-order chi connectivity index (χ0) is 9.26. The number of carboxylic acid groups (broad SMARTS) is 1. The number of nitrogens with zero attached hydrogens (tertiary/aromatic N) is 1. The molecule has 14 heavy (non-hydrogen) atoms. The highest BCUT2D eigenvalue weighted by atomic mass is 35.5. The Hall–Kier alpha value is -1.55. The lowest BCUT2D eigenvalue weighted by Crippen LogP contribution is -2.04.